The van der Waals surface area contributed by atoms with E-state index in [2.05, 4.69) is 5.32 Å². The number of amides is 3. The van der Waals surface area contributed by atoms with Gasteiger partial charge in [0.2, 0.25) is 5.91 Å². The van der Waals surface area contributed by atoms with Crippen molar-refractivity contribution in [2.45, 2.75) is 13.8 Å². The molecule has 0 radical (unpaired) electrons. The molecule has 30 heavy (non-hydrogen) atoms. The van der Waals surface area contributed by atoms with Gasteiger partial charge in [0.25, 0.3) is 11.8 Å². The molecule has 0 bridgehead atoms. The maximum atomic E-state index is 12.5. The molecule has 0 saturated heterocycles. The Morgan fingerprint density at radius 2 is 1.83 bits per heavy atom. The van der Waals surface area contributed by atoms with Gasteiger partial charge in [-0.25, -0.2) is 0 Å². The highest BCUT2D eigenvalue weighted by atomic mass is 16.5. The van der Waals surface area contributed by atoms with Crippen LogP contribution in [0.4, 0.5) is 11.4 Å². The lowest BCUT2D eigenvalue weighted by Crippen LogP contribution is -2.46. The molecular weight excluding hydrogens is 386 g/mol. The third-order valence-electron chi connectivity index (χ3n) is 4.92. The predicted octanol–water partition coefficient (Wildman–Crippen LogP) is 2.54. The smallest absolute Gasteiger partial charge is 0.265 e. The van der Waals surface area contributed by atoms with Gasteiger partial charge in [-0.2, -0.15) is 0 Å². The summed E-state index contributed by atoms with van der Waals surface area (Å²) in [5, 5.41) is 2.81. The summed E-state index contributed by atoms with van der Waals surface area (Å²) in [6, 6.07) is 11.7. The molecule has 158 valence electrons. The zero-order valence-electron chi connectivity index (χ0n) is 17.3. The molecule has 0 atom stereocenters. The Bertz CT molecular complexity index is 938. The topological polar surface area (TPSA) is 88.2 Å². The second kappa shape index (κ2) is 9.30. The molecule has 0 aromatic heterocycles. The van der Waals surface area contributed by atoms with Gasteiger partial charge >= 0.3 is 0 Å². The van der Waals surface area contributed by atoms with Crippen LogP contribution in [0.5, 0.6) is 11.5 Å². The Morgan fingerprint density at radius 3 is 2.47 bits per heavy atom. The van der Waals surface area contributed by atoms with Crippen molar-refractivity contribution >= 4 is 29.1 Å². The normalized spacial score (nSPS) is 12.6. The van der Waals surface area contributed by atoms with E-state index < -0.39 is 0 Å². The predicted molar refractivity (Wildman–Crippen MR) is 113 cm³/mol. The lowest BCUT2D eigenvalue weighted by molar-refractivity contribution is -0.131. The van der Waals surface area contributed by atoms with E-state index in [0.717, 1.165) is 0 Å². The van der Waals surface area contributed by atoms with E-state index >= 15 is 0 Å². The summed E-state index contributed by atoms with van der Waals surface area (Å²) in [5.41, 5.74) is 1.42. The van der Waals surface area contributed by atoms with Crippen molar-refractivity contribution in [1.82, 2.24) is 4.90 Å². The third kappa shape index (κ3) is 4.53. The summed E-state index contributed by atoms with van der Waals surface area (Å²) in [6.07, 6.45) is 0. The first kappa shape index (κ1) is 21.2. The minimum absolute atomic E-state index is 0.0766. The molecule has 8 heteroatoms. The van der Waals surface area contributed by atoms with Gasteiger partial charge in [-0.15, -0.1) is 0 Å². The molecule has 2 aromatic rings. The van der Waals surface area contributed by atoms with Crippen molar-refractivity contribution in [1.29, 1.82) is 0 Å². The van der Waals surface area contributed by atoms with Crippen molar-refractivity contribution in [2.75, 3.05) is 43.6 Å². The molecule has 0 fully saturated rings. The molecule has 3 amide bonds. The number of fused-ring (bicyclic) bond motifs is 1. The number of methoxy groups -OCH3 is 1. The van der Waals surface area contributed by atoms with E-state index in [4.69, 9.17) is 9.47 Å². The van der Waals surface area contributed by atoms with Crippen LogP contribution in [0.1, 0.15) is 24.2 Å². The minimum Gasteiger partial charge on any atom is -0.497 e. The molecule has 3 rings (SSSR count). The summed E-state index contributed by atoms with van der Waals surface area (Å²) in [4.78, 5) is 40.6. The maximum Gasteiger partial charge on any atom is 0.265 e. The van der Waals surface area contributed by atoms with Crippen LogP contribution in [0, 0.1) is 0 Å². The summed E-state index contributed by atoms with van der Waals surface area (Å²) in [7, 11) is 1.56. The molecule has 1 heterocycles. The number of hydrogen-bond donors (Lipinski definition) is 1. The van der Waals surface area contributed by atoms with Gasteiger partial charge in [0, 0.05) is 24.3 Å². The Kier molecular flexibility index (Phi) is 6.56. The molecule has 0 spiro atoms. The lowest BCUT2D eigenvalue weighted by Gasteiger charge is -2.31. The maximum absolute atomic E-state index is 12.5. The van der Waals surface area contributed by atoms with E-state index in [9.17, 15) is 14.4 Å². The Morgan fingerprint density at radius 1 is 1.13 bits per heavy atom. The number of rotatable bonds is 7. The number of nitrogens with one attached hydrogen (secondary N) is 1. The van der Waals surface area contributed by atoms with E-state index in [1.54, 1.807) is 54.5 Å². The standard InChI is InChI=1S/C22H25N3O5/c1-4-24(5-2)20(26)13-25-18-12-16(8-11-19(18)30-14-21(25)27)23-22(28)15-6-9-17(29-3)10-7-15/h6-12H,4-5,13-14H2,1-3H3,(H,23,28). The molecule has 0 aliphatic carbocycles. The summed E-state index contributed by atoms with van der Waals surface area (Å²) in [5.74, 6) is 0.399. The first-order valence-corrected chi connectivity index (χ1v) is 9.77. The number of ether oxygens (including phenoxy) is 2. The van der Waals surface area contributed by atoms with Crippen LogP contribution < -0.4 is 19.7 Å². The number of hydrogen-bond acceptors (Lipinski definition) is 5. The van der Waals surface area contributed by atoms with Gasteiger partial charge in [-0.05, 0) is 56.3 Å². The fraction of sp³-hybridized carbons (Fsp3) is 0.318. The molecule has 1 aliphatic rings. The second-order valence-corrected chi connectivity index (χ2v) is 6.70. The van der Waals surface area contributed by atoms with Crippen molar-refractivity contribution in [3.05, 3.63) is 48.0 Å². The number of likely N-dealkylation sites (N-methyl/N-ethyl adjacent to an activating group) is 1. The zero-order chi connectivity index (χ0) is 21.7. The highest BCUT2D eigenvalue weighted by Gasteiger charge is 2.29. The van der Waals surface area contributed by atoms with Crippen molar-refractivity contribution in [3.8, 4) is 11.5 Å². The number of benzene rings is 2. The monoisotopic (exact) mass is 411 g/mol. The number of carbonyl (C=O) groups excluding carboxylic acids is 3. The fourth-order valence-corrected chi connectivity index (χ4v) is 3.21. The van der Waals surface area contributed by atoms with E-state index in [1.807, 2.05) is 13.8 Å². The van der Waals surface area contributed by atoms with Crippen LogP contribution in [0.3, 0.4) is 0 Å². The van der Waals surface area contributed by atoms with Crippen molar-refractivity contribution in [2.24, 2.45) is 0 Å². The largest absolute Gasteiger partial charge is 0.497 e. The van der Waals surface area contributed by atoms with Gasteiger partial charge < -0.3 is 19.7 Å². The minimum atomic E-state index is -0.304. The van der Waals surface area contributed by atoms with Gasteiger partial charge in [0.05, 0.1) is 12.8 Å². The van der Waals surface area contributed by atoms with Crippen LogP contribution in [0.15, 0.2) is 42.5 Å². The first-order chi connectivity index (χ1) is 14.5. The second-order valence-electron chi connectivity index (χ2n) is 6.70. The zero-order valence-corrected chi connectivity index (χ0v) is 17.3. The van der Waals surface area contributed by atoms with Gasteiger partial charge in [0.15, 0.2) is 6.61 Å². The first-order valence-electron chi connectivity index (χ1n) is 9.77. The molecule has 0 unspecified atom stereocenters. The Balaban J connectivity index is 1.81. The summed E-state index contributed by atoms with van der Waals surface area (Å²) >= 11 is 0. The third-order valence-corrected chi connectivity index (χ3v) is 4.92. The van der Waals surface area contributed by atoms with Gasteiger partial charge in [0.1, 0.15) is 18.0 Å². The van der Waals surface area contributed by atoms with Crippen molar-refractivity contribution in [3.63, 3.8) is 0 Å². The SMILES string of the molecule is CCN(CC)C(=O)CN1C(=O)COc2ccc(NC(=O)c3ccc(OC)cc3)cc21. The Labute approximate surface area is 175 Å². The number of anilines is 2. The molecule has 8 nitrogen and oxygen atoms in total. The van der Waals surface area contributed by atoms with Crippen LogP contribution in [-0.4, -0.2) is 56.0 Å². The van der Waals surface area contributed by atoms with Crippen LogP contribution in [0.25, 0.3) is 0 Å². The van der Waals surface area contributed by atoms with E-state index in [0.29, 0.717) is 41.5 Å². The Hall–Kier alpha value is -3.55. The van der Waals surface area contributed by atoms with Crippen LogP contribution in [0.2, 0.25) is 0 Å². The lowest BCUT2D eigenvalue weighted by atomic mass is 10.1. The summed E-state index contributed by atoms with van der Waals surface area (Å²) in [6.45, 7) is 4.72. The molecule has 1 aliphatic heterocycles. The summed E-state index contributed by atoms with van der Waals surface area (Å²) < 4.78 is 10.6. The highest BCUT2D eigenvalue weighted by molar-refractivity contribution is 6.06. The number of carbonyl (C=O) groups is 3. The molecule has 1 N–H and O–H groups in total. The van der Waals surface area contributed by atoms with Crippen LogP contribution in [-0.2, 0) is 9.59 Å². The van der Waals surface area contributed by atoms with E-state index in [-0.39, 0.29) is 30.9 Å². The average molecular weight is 411 g/mol. The fourth-order valence-electron chi connectivity index (χ4n) is 3.21. The van der Waals surface area contributed by atoms with Crippen molar-refractivity contribution < 1.29 is 23.9 Å². The molecular formula is C22H25N3O5. The quantitative estimate of drug-likeness (QED) is 0.757. The van der Waals surface area contributed by atoms with Gasteiger partial charge in [-0.3, -0.25) is 19.3 Å². The molecule has 2 aromatic carbocycles. The molecule has 0 saturated carbocycles. The van der Waals surface area contributed by atoms with Gasteiger partial charge in [-0.1, -0.05) is 0 Å². The highest BCUT2D eigenvalue weighted by Crippen LogP contribution is 2.34. The van der Waals surface area contributed by atoms with E-state index in [1.165, 1.54) is 4.90 Å². The number of nitrogens with zero attached hydrogens (tertiary/aromatic N) is 2. The van der Waals surface area contributed by atoms with Crippen LogP contribution >= 0.6 is 0 Å². The average Bonchev–Trinajstić information content (AvgIpc) is 2.76.